The fraction of sp³-hybridized carbons (Fsp3) is 1.00. The van der Waals surface area contributed by atoms with Crippen LogP contribution in [0.3, 0.4) is 0 Å². The molecule has 2 fully saturated rings. The molecular formula is C16H32N2. The summed E-state index contributed by atoms with van der Waals surface area (Å²) in [6.45, 7) is 9.61. The molecule has 1 heterocycles. The molecule has 3 unspecified atom stereocenters. The van der Waals surface area contributed by atoms with Crippen molar-refractivity contribution in [2.75, 3.05) is 13.1 Å². The standard InChI is InChI=1S/C16H32N2/c1-4-6-7-8-13(3)18-12-16(14-9-10-14)17-11-15(18)5-2/h13-17H,4-12H2,1-3H3. The lowest BCUT2D eigenvalue weighted by Gasteiger charge is -2.44. The van der Waals surface area contributed by atoms with Crippen LogP contribution in [-0.4, -0.2) is 36.1 Å². The molecule has 1 saturated heterocycles. The van der Waals surface area contributed by atoms with Crippen LogP contribution < -0.4 is 5.32 Å². The first-order chi connectivity index (χ1) is 8.76. The van der Waals surface area contributed by atoms with Crippen LogP contribution in [0.2, 0.25) is 0 Å². The molecule has 1 N–H and O–H groups in total. The van der Waals surface area contributed by atoms with E-state index in [1.165, 1.54) is 58.0 Å². The minimum atomic E-state index is 0.775. The minimum Gasteiger partial charge on any atom is -0.311 e. The first-order valence-corrected chi connectivity index (χ1v) is 8.25. The highest BCUT2D eigenvalue weighted by atomic mass is 15.3. The Morgan fingerprint density at radius 1 is 1.22 bits per heavy atom. The lowest BCUT2D eigenvalue weighted by Crippen LogP contribution is -2.59. The van der Waals surface area contributed by atoms with Crippen molar-refractivity contribution in [3.63, 3.8) is 0 Å². The molecule has 1 aliphatic heterocycles. The van der Waals surface area contributed by atoms with Crippen LogP contribution in [0, 0.1) is 5.92 Å². The molecule has 1 aliphatic carbocycles. The number of piperazine rings is 1. The van der Waals surface area contributed by atoms with Gasteiger partial charge in [-0.15, -0.1) is 0 Å². The summed E-state index contributed by atoms with van der Waals surface area (Å²) in [7, 11) is 0. The van der Waals surface area contributed by atoms with Crippen molar-refractivity contribution in [3.05, 3.63) is 0 Å². The van der Waals surface area contributed by atoms with Gasteiger partial charge in [0.25, 0.3) is 0 Å². The maximum atomic E-state index is 3.79. The molecule has 2 nitrogen and oxygen atoms in total. The zero-order valence-electron chi connectivity index (χ0n) is 12.6. The highest BCUT2D eigenvalue weighted by Gasteiger charge is 2.37. The highest BCUT2D eigenvalue weighted by molar-refractivity contribution is 4.95. The van der Waals surface area contributed by atoms with Crippen molar-refractivity contribution in [2.24, 2.45) is 5.92 Å². The Labute approximate surface area is 114 Å². The molecule has 18 heavy (non-hydrogen) atoms. The third kappa shape index (κ3) is 3.71. The molecule has 0 amide bonds. The Hall–Kier alpha value is -0.0800. The quantitative estimate of drug-likeness (QED) is 0.699. The molecule has 2 rings (SSSR count). The van der Waals surface area contributed by atoms with Crippen molar-refractivity contribution in [1.29, 1.82) is 0 Å². The van der Waals surface area contributed by atoms with Crippen molar-refractivity contribution in [3.8, 4) is 0 Å². The summed E-state index contributed by atoms with van der Waals surface area (Å²) >= 11 is 0. The fourth-order valence-corrected chi connectivity index (χ4v) is 3.43. The number of rotatable bonds is 7. The van der Waals surface area contributed by atoms with Crippen molar-refractivity contribution < 1.29 is 0 Å². The van der Waals surface area contributed by atoms with Gasteiger partial charge < -0.3 is 5.32 Å². The summed E-state index contributed by atoms with van der Waals surface area (Å²) in [5.41, 5.74) is 0. The van der Waals surface area contributed by atoms with Gasteiger partial charge in [-0.25, -0.2) is 0 Å². The topological polar surface area (TPSA) is 15.3 Å². The molecule has 3 atom stereocenters. The average molecular weight is 252 g/mol. The van der Waals surface area contributed by atoms with Crippen LogP contribution in [-0.2, 0) is 0 Å². The van der Waals surface area contributed by atoms with Gasteiger partial charge in [0.1, 0.15) is 0 Å². The molecule has 0 spiro atoms. The first-order valence-electron chi connectivity index (χ1n) is 8.25. The van der Waals surface area contributed by atoms with Crippen LogP contribution in [0.5, 0.6) is 0 Å². The zero-order valence-corrected chi connectivity index (χ0v) is 12.6. The molecule has 0 aromatic heterocycles. The van der Waals surface area contributed by atoms with Gasteiger partial charge in [0.2, 0.25) is 0 Å². The van der Waals surface area contributed by atoms with E-state index in [-0.39, 0.29) is 0 Å². The summed E-state index contributed by atoms with van der Waals surface area (Å²) in [6.07, 6.45) is 9.77. The van der Waals surface area contributed by atoms with Crippen molar-refractivity contribution in [2.45, 2.75) is 83.8 Å². The molecule has 1 saturated carbocycles. The Kier molecular flexibility index (Phi) is 5.50. The van der Waals surface area contributed by atoms with E-state index in [1.807, 2.05) is 0 Å². The second kappa shape index (κ2) is 6.91. The fourth-order valence-electron chi connectivity index (χ4n) is 3.43. The second-order valence-electron chi connectivity index (χ2n) is 6.46. The van der Waals surface area contributed by atoms with E-state index >= 15 is 0 Å². The summed E-state index contributed by atoms with van der Waals surface area (Å²) in [6, 6.07) is 2.35. The predicted octanol–water partition coefficient (Wildman–Crippen LogP) is 3.42. The zero-order chi connectivity index (χ0) is 13.0. The molecule has 2 heteroatoms. The van der Waals surface area contributed by atoms with Gasteiger partial charge in [-0.05, 0) is 38.5 Å². The second-order valence-corrected chi connectivity index (χ2v) is 6.46. The Bertz CT molecular complexity index is 237. The summed E-state index contributed by atoms with van der Waals surface area (Å²) in [4.78, 5) is 2.81. The third-order valence-corrected chi connectivity index (χ3v) is 4.95. The maximum absolute atomic E-state index is 3.79. The Morgan fingerprint density at radius 3 is 2.61 bits per heavy atom. The monoisotopic (exact) mass is 252 g/mol. The van der Waals surface area contributed by atoms with Crippen LogP contribution in [0.25, 0.3) is 0 Å². The number of hydrogen-bond donors (Lipinski definition) is 1. The normalized spacial score (nSPS) is 31.5. The Morgan fingerprint density at radius 2 is 2.00 bits per heavy atom. The molecule has 0 aromatic rings. The molecule has 0 radical (unpaired) electrons. The Balaban J connectivity index is 1.83. The predicted molar refractivity (Wildman–Crippen MR) is 78.9 cm³/mol. The van der Waals surface area contributed by atoms with Crippen LogP contribution in [0.1, 0.15) is 65.7 Å². The van der Waals surface area contributed by atoms with E-state index in [0.717, 1.165) is 24.0 Å². The van der Waals surface area contributed by atoms with Gasteiger partial charge in [-0.2, -0.15) is 0 Å². The van der Waals surface area contributed by atoms with Gasteiger partial charge in [0.15, 0.2) is 0 Å². The number of nitrogens with zero attached hydrogens (tertiary/aromatic N) is 1. The molecule has 2 aliphatic rings. The highest BCUT2D eigenvalue weighted by Crippen LogP contribution is 2.35. The average Bonchev–Trinajstić information content (AvgIpc) is 3.22. The van der Waals surface area contributed by atoms with E-state index < -0.39 is 0 Å². The van der Waals surface area contributed by atoms with E-state index in [9.17, 15) is 0 Å². The van der Waals surface area contributed by atoms with Gasteiger partial charge >= 0.3 is 0 Å². The summed E-state index contributed by atoms with van der Waals surface area (Å²) in [5, 5.41) is 3.79. The summed E-state index contributed by atoms with van der Waals surface area (Å²) < 4.78 is 0. The minimum absolute atomic E-state index is 0.775. The van der Waals surface area contributed by atoms with Crippen LogP contribution in [0.15, 0.2) is 0 Å². The van der Waals surface area contributed by atoms with E-state index in [4.69, 9.17) is 0 Å². The van der Waals surface area contributed by atoms with E-state index in [2.05, 4.69) is 31.0 Å². The molecule has 0 bridgehead atoms. The summed E-state index contributed by atoms with van der Waals surface area (Å²) in [5.74, 6) is 0.994. The molecule has 0 aromatic carbocycles. The molecular weight excluding hydrogens is 220 g/mol. The van der Waals surface area contributed by atoms with Gasteiger partial charge in [-0.1, -0.05) is 33.1 Å². The smallest absolute Gasteiger partial charge is 0.0224 e. The molecule has 106 valence electrons. The lowest BCUT2D eigenvalue weighted by molar-refractivity contribution is 0.0754. The number of nitrogens with one attached hydrogen (secondary N) is 1. The van der Waals surface area contributed by atoms with Crippen LogP contribution in [0.4, 0.5) is 0 Å². The van der Waals surface area contributed by atoms with Crippen LogP contribution >= 0.6 is 0 Å². The van der Waals surface area contributed by atoms with E-state index in [1.54, 1.807) is 0 Å². The first kappa shape index (κ1) is 14.3. The lowest BCUT2D eigenvalue weighted by atomic mass is 9.99. The van der Waals surface area contributed by atoms with E-state index in [0.29, 0.717) is 0 Å². The van der Waals surface area contributed by atoms with Crippen molar-refractivity contribution >= 4 is 0 Å². The third-order valence-electron chi connectivity index (χ3n) is 4.95. The largest absolute Gasteiger partial charge is 0.311 e. The number of unbranched alkanes of at least 4 members (excludes halogenated alkanes) is 2. The van der Waals surface area contributed by atoms with Gasteiger partial charge in [-0.3, -0.25) is 4.90 Å². The number of hydrogen-bond acceptors (Lipinski definition) is 2. The van der Waals surface area contributed by atoms with Gasteiger partial charge in [0.05, 0.1) is 0 Å². The van der Waals surface area contributed by atoms with Gasteiger partial charge in [0, 0.05) is 31.2 Å². The maximum Gasteiger partial charge on any atom is 0.0224 e. The SMILES string of the molecule is CCCCCC(C)N1CC(C2CC2)NCC1CC. The van der Waals surface area contributed by atoms with Crippen molar-refractivity contribution in [1.82, 2.24) is 10.2 Å².